The number of aromatic nitrogens is 2. The Hall–Kier alpha value is -2.59. The zero-order valence-corrected chi connectivity index (χ0v) is 18.9. The van der Waals surface area contributed by atoms with Crippen LogP contribution in [-0.2, 0) is 21.2 Å². The molecule has 3 heterocycles. The average molecular weight is 462 g/mol. The SMILES string of the molecule is Cc1cc(C)cc(-c2nnc(SCC(=O)N(Cc3ccco3)[C@H]3CCS(=O)(=O)C3)o2)c1. The Kier molecular flexibility index (Phi) is 6.19. The number of thioether (sulfide) groups is 1. The predicted molar refractivity (Wildman–Crippen MR) is 116 cm³/mol. The molecule has 0 bridgehead atoms. The first-order chi connectivity index (χ1) is 14.8. The Morgan fingerprint density at radius 2 is 2.00 bits per heavy atom. The molecule has 1 aliphatic rings. The molecule has 8 nitrogen and oxygen atoms in total. The molecule has 0 unspecified atom stereocenters. The number of furan rings is 1. The summed E-state index contributed by atoms with van der Waals surface area (Å²) in [6, 6.07) is 9.13. The number of hydrogen-bond donors (Lipinski definition) is 0. The van der Waals surface area contributed by atoms with Gasteiger partial charge >= 0.3 is 0 Å². The summed E-state index contributed by atoms with van der Waals surface area (Å²) in [5, 5.41) is 8.42. The molecule has 1 aromatic carbocycles. The molecular weight excluding hydrogens is 438 g/mol. The van der Waals surface area contributed by atoms with Crippen molar-refractivity contribution in [3.63, 3.8) is 0 Å². The van der Waals surface area contributed by atoms with Crippen LogP contribution in [-0.4, -0.2) is 52.7 Å². The lowest BCUT2D eigenvalue weighted by Gasteiger charge is -2.27. The third-order valence-electron chi connectivity index (χ3n) is 5.07. The van der Waals surface area contributed by atoms with Crippen molar-refractivity contribution in [2.24, 2.45) is 0 Å². The quantitative estimate of drug-likeness (QED) is 0.494. The van der Waals surface area contributed by atoms with Gasteiger partial charge in [0.1, 0.15) is 5.76 Å². The molecular formula is C21H23N3O5S2. The summed E-state index contributed by atoms with van der Waals surface area (Å²) in [7, 11) is -3.13. The second-order valence-electron chi connectivity index (χ2n) is 7.70. The third-order valence-corrected chi connectivity index (χ3v) is 7.62. The molecule has 1 saturated heterocycles. The first-order valence-corrected chi connectivity index (χ1v) is 12.7. The molecule has 0 radical (unpaired) electrons. The standard InChI is InChI=1S/C21H23N3O5S2/c1-14-8-15(2)10-16(9-14)20-22-23-21(29-20)30-12-19(25)24(11-18-4-3-6-28-18)17-5-7-31(26,27)13-17/h3-4,6,8-10,17H,5,7,11-13H2,1-2H3/t17-/m0/s1. The zero-order chi connectivity index (χ0) is 22.0. The van der Waals surface area contributed by atoms with Gasteiger partial charge in [-0.2, -0.15) is 0 Å². The van der Waals surface area contributed by atoms with Gasteiger partial charge in [0.15, 0.2) is 9.84 Å². The summed E-state index contributed by atoms with van der Waals surface area (Å²) in [6.07, 6.45) is 1.96. The van der Waals surface area contributed by atoms with Gasteiger partial charge in [0.05, 0.1) is 30.1 Å². The van der Waals surface area contributed by atoms with Crippen LogP contribution in [0, 0.1) is 13.8 Å². The molecule has 4 rings (SSSR count). The number of carbonyl (C=O) groups excluding carboxylic acids is 1. The van der Waals surface area contributed by atoms with Gasteiger partial charge in [-0.25, -0.2) is 8.42 Å². The highest BCUT2D eigenvalue weighted by molar-refractivity contribution is 7.99. The lowest BCUT2D eigenvalue weighted by atomic mass is 10.1. The van der Waals surface area contributed by atoms with Crippen LogP contribution in [0.4, 0.5) is 0 Å². The van der Waals surface area contributed by atoms with E-state index in [1.807, 2.05) is 26.0 Å². The second-order valence-corrected chi connectivity index (χ2v) is 10.9. The van der Waals surface area contributed by atoms with Gasteiger partial charge in [-0.1, -0.05) is 29.0 Å². The lowest BCUT2D eigenvalue weighted by molar-refractivity contribution is -0.131. The number of sulfone groups is 1. The minimum Gasteiger partial charge on any atom is -0.467 e. The van der Waals surface area contributed by atoms with E-state index in [1.54, 1.807) is 17.0 Å². The first-order valence-electron chi connectivity index (χ1n) is 9.86. The molecule has 1 atom stereocenters. The van der Waals surface area contributed by atoms with Gasteiger partial charge in [0.2, 0.25) is 11.8 Å². The molecule has 10 heteroatoms. The maximum absolute atomic E-state index is 13.0. The summed E-state index contributed by atoms with van der Waals surface area (Å²) in [4.78, 5) is 14.6. The van der Waals surface area contributed by atoms with Crippen LogP contribution in [0.5, 0.6) is 0 Å². The molecule has 0 N–H and O–H groups in total. The smallest absolute Gasteiger partial charge is 0.277 e. The number of amides is 1. The van der Waals surface area contributed by atoms with E-state index in [2.05, 4.69) is 16.3 Å². The van der Waals surface area contributed by atoms with Crippen LogP contribution in [0.25, 0.3) is 11.5 Å². The molecule has 0 saturated carbocycles. The molecule has 3 aromatic rings. The van der Waals surface area contributed by atoms with Gasteiger partial charge in [0, 0.05) is 11.6 Å². The molecule has 164 valence electrons. The molecule has 1 fully saturated rings. The average Bonchev–Trinajstić information content (AvgIpc) is 3.44. The molecule has 0 spiro atoms. The Bertz CT molecular complexity index is 1150. The molecule has 1 aliphatic heterocycles. The first kappa shape index (κ1) is 21.6. The molecule has 1 amide bonds. The minimum absolute atomic E-state index is 0.0263. The number of hydrogen-bond acceptors (Lipinski definition) is 8. The highest BCUT2D eigenvalue weighted by Crippen LogP contribution is 2.26. The van der Waals surface area contributed by atoms with Crippen LogP contribution < -0.4 is 0 Å². The van der Waals surface area contributed by atoms with Gasteiger partial charge in [0.25, 0.3) is 5.22 Å². The number of nitrogens with zero attached hydrogens (tertiary/aromatic N) is 3. The highest BCUT2D eigenvalue weighted by atomic mass is 32.2. The van der Waals surface area contributed by atoms with E-state index < -0.39 is 9.84 Å². The van der Waals surface area contributed by atoms with Gasteiger partial charge in [-0.3, -0.25) is 4.79 Å². The Morgan fingerprint density at radius 3 is 2.65 bits per heavy atom. The maximum Gasteiger partial charge on any atom is 0.277 e. The normalized spacial score (nSPS) is 17.7. The number of benzene rings is 1. The fourth-order valence-electron chi connectivity index (χ4n) is 3.70. The van der Waals surface area contributed by atoms with E-state index in [-0.39, 0.29) is 35.8 Å². The number of aryl methyl sites for hydroxylation is 2. The molecule has 31 heavy (non-hydrogen) atoms. The van der Waals surface area contributed by atoms with Crippen LogP contribution in [0.2, 0.25) is 0 Å². The summed E-state index contributed by atoms with van der Waals surface area (Å²) >= 11 is 1.14. The fraction of sp³-hybridized carbons (Fsp3) is 0.381. The Morgan fingerprint density at radius 1 is 1.23 bits per heavy atom. The van der Waals surface area contributed by atoms with Crippen molar-refractivity contribution in [1.82, 2.24) is 15.1 Å². The second kappa shape index (κ2) is 8.88. The zero-order valence-electron chi connectivity index (χ0n) is 17.3. The van der Waals surface area contributed by atoms with Gasteiger partial charge < -0.3 is 13.7 Å². The van der Waals surface area contributed by atoms with Crippen molar-refractivity contribution in [2.75, 3.05) is 17.3 Å². The lowest BCUT2D eigenvalue weighted by Crippen LogP contribution is -2.41. The fourth-order valence-corrected chi connectivity index (χ4v) is 6.08. The number of rotatable bonds is 7. The van der Waals surface area contributed by atoms with Crippen LogP contribution in [0.15, 0.2) is 50.7 Å². The third kappa shape index (κ3) is 5.37. The highest BCUT2D eigenvalue weighted by Gasteiger charge is 2.35. The van der Waals surface area contributed by atoms with E-state index in [0.717, 1.165) is 28.5 Å². The van der Waals surface area contributed by atoms with E-state index in [1.165, 1.54) is 6.26 Å². The monoisotopic (exact) mass is 461 g/mol. The van der Waals surface area contributed by atoms with Crippen molar-refractivity contribution in [2.45, 2.75) is 38.1 Å². The van der Waals surface area contributed by atoms with Crippen molar-refractivity contribution < 1.29 is 22.0 Å². The van der Waals surface area contributed by atoms with Crippen molar-refractivity contribution in [3.8, 4) is 11.5 Å². The topological polar surface area (TPSA) is 107 Å². The summed E-state index contributed by atoms with van der Waals surface area (Å²) in [6.45, 7) is 4.22. The van der Waals surface area contributed by atoms with Crippen LogP contribution in [0.1, 0.15) is 23.3 Å². The summed E-state index contributed by atoms with van der Waals surface area (Å²) in [5.41, 5.74) is 3.02. The molecule has 0 aliphatic carbocycles. The Labute approximate surface area is 184 Å². The molecule has 2 aromatic heterocycles. The van der Waals surface area contributed by atoms with Crippen molar-refractivity contribution in [3.05, 3.63) is 53.5 Å². The Balaban J connectivity index is 1.44. The maximum atomic E-state index is 13.0. The largest absolute Gasteiger partial charge is 0.467 e. The summed E-state index contributed by atoms with van der Waals surface area (Å²) in [5.74, 6) is 0.936. The van der Waals surface area contributed by atoms with Crippen molar-refractivity contribution >= 4 is 27.5 Å². The van der Waals surface area contributed by atoms with Crippen LogP contribution >= 0.6 is 11.8 Å². The predicted octanol–water partition coefficient (Wildman–Crippen LogP) is 3.25. The van der Waals surface area contributed by atoms with E-state index in [9.17, 15) is 13.2 Å². The van der Waals surface area contributed by atoms with Crippen molar-refractivity contribution in [1.29, 1.82) is 0 Å². The minimum atomic E-state index is -3.13. The van der Waals surface area contributed by atoms with E-state index in [4.69, 9.17) is 8.83 Å². The van der Waals surface area contributed by atoms with Gasteiger partial charge in [-0.15, -0.1) is 10.2 Å². The summed E-state index contributed by atoms with van der Waals surface area (Å²) < 4.78 is 35.0. The van der Waals surface area contributed by atoms with Gasteiger partial charge in [-0.05, 0) is 44.5 Å². The van der Waals surface area contributed by atoms with E-state index in [0.29, 0.717) is 23.3 Å². The number of carbonyl (C=O) groups is 1. The van der Waals surface area contributed by atoms with E-state index >= 15 is 0 Å². The van der Waals surface area contributed by atoms with Crippen LogP contribution in [0.3, 0.4) is 0 Å².